The minimum absolute atomic E-state index is 0.0150. The molecule has 3 aliphatic rings. The van der Waals surface area contributed by atoms with E-state index in [1.54, 1.807) is 6.08 Å². The van der Waals surface area contributed by atoms with E-state index in [0.29, 0.717) is 32.7 Å². The highest BCUT2D eigenvalue weighted by atomic mass is 16.6. The number of hydrogen-bond acceptors (Lipinski definition) is 11. The maximum Gasteiger partial charge on any atom is 0.323 e. The zero-order valence-electron chi connectivity index (χ0n) is 40.8. The van der Waals surface area contributed by atoms with Gasteiger partial charge in [0.25, 0.3) is 0 Å². The summed E-state index contributed by atoms with van der Waals surface area (Å²) in [5.41, 5.74) is 2.05. The summed E-state index contributed by atoms with van der Waals surface area (Å²) in [6.07, 6.45) is 14.1. The molecule has 2 aromatic carbocycles. The highest BCUT2D eigenvalue weighted by Crippen LogP contribution is 2.28. The third-order valence-corrected chi connectivity index (χ3v) is 12.7. The van der Waals surface area contributed by atoms with Crippen LogP contribution >= 0.6 is 0 Å². The van der Waals surface area contributed by atoms with Gasteiger partial charge in [0, 0.05) is 51.3 Å². The molecule has 15 heteroatoms. The van der Waals surface area contributed by atoms with E-state index in [0.717, 1.165) is 102 Å². The number of esters is 1. The highest BCUT2D eigenvalue weighted by Gasteiger charge is 2.31. The molecule has 0 radical (unpaired) electrons. The lowest BCUT2D eigenvalue weighted by Gasteiger charge is -2.30. The van der Waals surface area contributed by atoms with Crippen LogP contribution in [0.5, 0.6) is 0 Å². The average molecular weight is 947 g/mol. The fraction of sp³-hybridized carbons (Fsp3) is 0.642. The van der Waals surface area contributed by atoms with Crippen LogP contribution < -0.4 is 10.6 Å². The third kappa shape index (κ3) is 21.7. The summed E-state index contributed by atoms with van der Waals surface area (Å²) in [5.74, 6) is -2.49. The van der Waals surface area contributed by atoms with Gasteiger partial charge in [-0.3, -0.25) is 28.9 Å². The number of benzene rings is 2. The van der Waals surface area contributed by atoms with Crippen molar-refractivity contribution >= 4 is 29.7 Å². The van der Waals surface area contributed by atoms with Crippen molar-refractivity contribution in [3.8, 4) is 0 Å². The quantitative estimate of drug-likeness (QED) is 0.0487. The summed E-state index contributed by atoms with van der Waals surface area (Å²) in [6.45, 7) is 9.04. The maximum absolute atomic E-state index is 12.9. The lowest BCUT2D eigenvalue weighted by molar-refractivity contribution is -0.161. The van der Waals surface area contributed by atoms with Gasteiger partial charge in [-0.2, -0.15) is 0 Å². The number of ether oxygens (including phenoxy) is 5. The van der Waals surface area contributed by atoms with Gasteiger partial charge in [-0.05, 0) is 115 Å². The van der Waals surface area contributed by atoms with Gasteiger partial charge in [-0.1, -0.05) is 66.7 Å². The third-order valence-electron chi connectivity index (χ3n) is 12.7. The Kier molecular flexibility index (Phi) is 23.4. The number of rotatable bonds is 27. The van der Waals surface area contributed by atoms with Crippen molar-refractivity contribution in [1.82, 2.24) is 20.4 Å². The van der Waals surface area contributed by atoms with Crippen LogP contribution in [0, 0.1) is 5.92 Å². The molecule has 68 heavy (non-hydrogen) atoms. The fourth-order valence-corrected chi connectivity index (χ4v) is 9.08. The first-order valence-corrected chi connectivity index (χ1v) is 25.0. The van der Waals surface area contributed by atoms with Gasteiger partial charge in [0.15, 0.2) is 0 Å². The van der Waals surface area contributed by atoms with E-state index in [9.17, 15) is 29.1 Å². The molecule has 0 unspecified atom stereocenters. The summed E-state index contributed by atoms with van der Waals surface area (Å²) >= 11 is 0. The molecule has 376 valence electrons. The molecule has 0 aliphatic heterocycles. The van der Waals surface area contributed by atoms with E-state index in [2.05, 4.69) is 64.1 Å². The monoisotopic (exact) mass is 947 g/mol. The van der Waals surface area contributed by atoms with Gasteiger partial charge >= 0.3 is 11.9 Å². The Morgan fingerprint density at radius 2 is 1.19 bits per heavy atom. The van der Waals surface area contributed by atoms with Crippen LogP contribution in [-0.2, 0) is 60.7 Å². The van der Waals surface area contributed by atoms with Crippen LogP contribution in [0.15, 0.2) is 72.8 Å². The number of carbonyl (C=O) groups is 5. The Morgan fingerprint density at radius 1 is 0.662 bits per heavy atom. The number of nitrogens with one attached hydrogen (secondary N) is 2. The van der Waals surface area contributed by atoms with E-state index >= 15 is 0 Å². The van der Waals surface area contributed by atoms with Crippen molar-refractivity contribution < 1.29 is 52.8 Å². The van der Waals surface area contributed by atoms with E-state index < -0.39 is 36.5 Å². The number of hydrogen-bond donors (Lipinski definition) is 3. The summed E-state index contributed by atoms with van der Waals surface area (Å²) in [7, 11) is 0. The van der Waals surface area contributed by atoms with Gasteiger partial charge in [-0.25, -0.2) is 0 Å². The minimum atomic E-state index is -1.21. The van der Waals surface area contributed by atoms with Gasteiger partial charge in [0.2, 0.25) is 17.7 Å². The van der Waals surface area contributed by atoms with E-state index in [1.165, 1.54) is 17.2 Å². The number of carboxylic acid groups (broad SMARTS) is 1. The van der Waals surface area contributed by atoms with Crippen molar-refractivity contribution in [2.45, 2.75) is 160 Å². The lowest BCUT2D eigenvalue weighted by Crippen LogP contribution is -2.43. The van der Waals surface area contributed by atoms with E-state index in [1.807, 2.05) is 32.9 Å². The average Bonchev–Trinajstić information content (AvgIpc) is 3.31. The van der Waals surface area contributed by atoms with Crippen LogP contribution in [0.4, 0.5) is 0 Å². The molecule has 0 atom stereocenters. The van der Waals surface area contributed by atoms with Crippen molar-refractivity contribution in [1.29, 1.82) is 0 Å². The highest BCUT2D eigenvalue weighted by molar-refractivity contribution is 5.93. The first-order chi connectivity index (χ1) is 32.8. The Morgan fingerprint density at radius 3 is 1.74 bits per heavy atom. The zero-order valence-corrected chi connectivity index (χ0v) is 40.8. The van der Waals surface area contributed by atoms with Crippen LogP contribution in [0.2, 0.25) is 0 Å². The molecule has 3 aliphatic carbocycles. The molecule has 15 nitrogen and oxygen atoms in total. The van der Waals surface area contributed by atoms with E-state index in [4.69, 9.17) is 23.7 Å². The topological polar surface area (TPSA) is 182 Å². The number of nitrogens with zero attached hydrogens (tertiary/aromatic N) is 2. The standard InChI is InChI=1S/C53H78N4O11/c1-53(2,3)68-52(63)42-18-20-43(21-19-42)55-48(58)16-10-32-64-44-22-26-46(27-23-44)66-34-30-54-49(59)38-57(39-51(61)62)50(60)17-11-33-65-45-24-28-47(29-25-45)67-35-31-56(36-40-12-6-4-7-13-40)37-41-14-8-5-9-15-41/h4-9,11-15,17,42-47H,10,16,18-39H2,1-3H3,(H,54,59)(H,55,58)(H,61,62)/b17-11+. The SMILES string of the molecule is CC(C)(C)OC(=O)C1CCC(NC(=O)CCCOC2CCC(OCCNC(=O)CN(CC(=O)O)C(=O)/C=C/COC3CCC(OCCN(Cc4ccccc4)Cc4ccccc4)CC3)CC2)CC1. The molecule has 0 bridgehead atoms. The predicted molar refractivity (Wildman–Crippen MR) is 258 cm³/mol. The van der Waals surface area contributed by atoms with Gasteiger partial charge < -0.3 is 44.3 Å². The molecule has 3 N–H and O–H groups in total. The molecule has 3 saturated carbocycles. The molecule has 0 aromatic heterocycles. The first kappa shape index (κ1) is 54.3. The maximum atomic E-state index is 12.9. The van der Waals surface area contributed by atoms with E-state index in [-0.39, 0.29) is 61.4 Å². The Balaban J connectivity index is 0.870. The van der Waals surface area contributed by atoms with Gasteiger partial charge in [0.05, 0.1) is 50.2 Å². The molecule has 2 aromatic rings. The van der Waals surface area contributed by atoms with Gasteiger partial charge in [0.1, 0.15) is 18.7 Å². The molecule has 3 fully saturated rings. The number of carbonyl (C=O) groups excluding carboxylic acids is 4. The molecule has 3 amide bonds. The molecular weight excluding hydrogens is 869 g/mol. The second kappa shape index (κ2) is 29.4. The molecular formula is C53H78N4O11. The van der Waals surface area contributed by atoms with Crippen molar-refractivity contribution in [3.05, 3.63) is 83.9 Å². The van der Waals surface area contributed by atoms with Gasteiger partial charge in [-0.15, -0.1) is 0 Å². The van der Waals surface area contributed by atoms with Crippen LogP contribution in [0.1, 0.15) is 122 Å². The Hall–Kier alpha value is -4.67. The van der Waals surface area contributed by atoms with Crippen LogP contribution in [-0.4, -0.2) is 133 Å². The smallest absolute Gasteiger partial charge is 0.323 e. The second-order valence-electron chi connectivity index (χ2n) is 19.5. The number of aliphatic carboxylic acids is 1. The summed E-state index contributed by atoms with van der Waals surface area (Å²) in [5, 5.41) is 15.3. The number of carboxylic acids is 1. The molecule has 0 saturated heterocycles. The van der Waals surface area contributed by atoms with Crippen molar-refractivity contribution in [2.75, 3.05) is 52.6 Å². The lowest BCUT2D eigenvalue weighted by atomic mass is 9.86. The predicted octanol–water partition coefficient (Wildman–Crippen LogP) is 6.76. The summed E-state index contributed by atoms with van der Waals surface area (Å²) in [4.78, 5) is 65.5. The molecule has 0 heterocycles. The number of amides is 3. The zero-order chi connectivity index (χ0) is 48.6. The van der Waals surface area contributed by atoms with Crippen LogP contribution in [0.3, 0.4) is 0 Å². The largest absolute Gasteiger partial charge is 0.480 e. The van der Waals surface area contributed by atoms with Crippen molar-refractivity contribution in [3.63, 3.8) is 0 Å². The first-order valence-electron chi connectivity index (χ1n) is 25.0. The molecule has 0 spiro atoms. The summed E-state index contributed by atoms with van der Waals surface area (Å²) in [6, 6.07) is 21.1. The molecule has 5 rings (SSSR count). The Bertz CT molecular complexity index is 1790. The van der Waals surface area contributed by atoms with Crippen molar-refractivity contribution in [2.24, 2.45) is 5.92 Å². The summed E-state index contributed by atoms with van der Waals surface area (Å²) < 4.78 is 29.9. The second-order valence-corrected chi connectivity index (χ2v) is 19.5. The minimum Gasteiger partial charge on any atom is -0.480 e. The Labute approximate surface area is 404 Å². The fourth-order valence-electron chi connectivity index (χ4n) is 9.08. The normalized spacial score (nSPS) is 22.1. The van der Waals surface area contributed by atoms with Crippen LogP contribution in [0.25, 0.3) is 0 Å².